The Hall–Kier alpha value is -2.48. The third-order valence-electron chi connectivity index (χ3n) is 6.83. The summed E-state index contributed by atoms with van der Waals surface area (Å²) in [6.45, 7) is 13.2. The lowest BCUT2D eigenvalue weighted by Crippen LogP contribution is -2.48. The third kappa shape index (κ3) is 5.11. The lowest BCUT2D eigenvalue weighted by molar-refractivity contribution is -0.132. The predicted molar refractivity (Wildman–Crippen MR) is 126 cm³/mol. The quantitative estimate of drug-likeness (QED) is 0.661. The van der Waals surface area contributed by atoms with E-state index in [1.54, 1.807) is 0 Å². The van der Waals surface area contributed by atoms with Gasteiger partial charge in [0.15, 0.2) is 11.6 Å². The van der Waals surface area contributed by atoms with E-state index >= 15 is 0 Å². The minimum atomic E-state index is 0.248. The molecule has 32 heavy (non-hydrogen) atoms. The number of carbonyl (C=O) groups is 1. The van der Waals surface area contributed by atoms with Gasteiger partial charge in [0.1, 0.15) is 0 Å². The van der Waals surface area contributed by atoms with Crippen molar-refractivity contribution in [2.24, 2.45) is 0 Å². The van der Waals surface area contributed by atoms with Crippen LogP contribution in [0.2, 0.25) is 0 Å². The summed E-state index contributed by atoms with van der Waals surface area (Å²) >= 11 is 0. The van der Waals surface area contributed by atoms with Crippen molar-refractivity contribution in [3.8, 4) is 5.82 Å². The molecule has 0 unspecified atom stereocenters. The van der Waals surface area contributed by atoms with E-state index in [1.807, 2.05) is 28.6 Å². The van der Waals surface area contributed by atoms with E-state index in [0.29, 0.717) is 12.8 Å². The molecule has 174 valence electrons. The van der Waals surface area contributed by atoms with Gasteiger partial charge in [0, 0.05) is 51.4 Å². The number of rotatable bonds is 7. The van der Waals surface area contributed by atoms with Gasteiger partial charge in [-0.3, -0.25) is 9.69 Å². The molecule has 2 fully saturated rings. The fraction of sp³-hybridized carbons (Fsp3) is 0.667. The molecule has 0 saturated carbocycles. The maximum absolute atomic E-state index is 12.8. The molecule has 0 N–H and O–H groups in total. The van der Waals surface area contributed by atoms with E-state index in [4.69, 9.17) is 5.10 Å². The maximum Gasteiger partial charge on any atom is 0.222 e. The number of nitrogens with zero attached hydrogens (tertiary/aromatic N) is 7. The SMILES string of the molecule is CCCN1CCN(C(=O)CCc2c(C)nn(-c3ccc(N4CCCCC4)nn3)c2C)CC1. The van der Waals surface area contributed by atoms with Crippen molar-refractivity contribution in [1.82, 2.24) is 29.8 Å². The van der Waals surface area contributed by atoms with Gasteiger partial charge in [-0.05, 0) is 70.2 Å². The van der Waals surface area contributed by atoms with Crippen LogP contribution < -0.4 is 4.90 Å². The molecule has 8 heteroatoms. The van der Waals surface area contributed by atoms with Crippen molar-refractivity contribution in [1.29, 1.82) is 0 Å². The number of piperazine rings is 1. The van der Waals surface area contributed by atoms with Crippen molar-refractivity contribution in [3.05, 3.63) is 29.1 Å². The summed E-state index contributed by atoms with van der Waals surface area (Å²) in [7, 11) is 0. The second-order valence-electron chi connectivity index (χ2n) is 9.08. The van der Waals surface area contributed by atoms with Gasteiger partial charge in [-0.15, -0.1) is 10.2 Å². The monoisotopic (exact) mass is 439 g/mol. The number of hydrogen-bond donors (Lipinski definition) is 0. The summed E-state index contributed by atoms with van der Waals surface area (Å²) in [5, 5.41) is 13.6. The largest absolute Gasteiger partial charge is 0.355 e. The lowest BCUT2D eigenvalue weighted by Gasteiger charge is -2.34. The Balaban J connectivity index is 1.37. The van der Waals surface area contributed by atoms with E-state index in [0.717, 1.165) is 74.4 Å². The molecule has 2 aliphatic rings. The number of aryl methyl sites for hydroxylation is 1. The zero-order valence-corrected chi connectivity index (χ0v) is 19.9. The van der Waals surface area contributed by atoms with E-state index in [-0.39, 0.29) is 5.91 Å². The van der Waals surface area contributed by atoms with Crippen molar-refractivity contribution in [2.45, 2.75) is 59.3 Å². The topological polar surface area (TPSA) is 70.4 Å². The van der Waals surface area contributed by atoms with Gasteiger partial charge in [-0.2, -0.15) is 5.10 Å². The molecule has 0 atom stereocenters. The van der Waals surface area contributed by atoms with Gasteiger partial charge >= 0.3 is 0 Å². The number of aromatic nitrogens is 4. The Kier molecular flexibility index (Phi) is 7.40. The van der Waals surface area contributed by atoms with Crippen LogP contribution in [0.5, 0.6) is 0 Å². The van der Waals surface area contributed by atoms with Gasteiger partial charge in [0.25, 0.3) is 0 Å². The maximum atomic E-state index is 12.8. The van der Waals surface area contributed by atoms with Crippen LogP contribution in [0.4, 0.5) is 5.82 Å². The molecular formula is C24H37N7O. The highest BCUT2D eigenvalue weighted by Gasteiger charge is 2.22. The normalized spacial score (nSPS) is 17.7. The van der Waals surface area contributed by atoms with Crippen LogP contribution >= 0.6 is 0 Å². The average Bonchev–Trinajstić information content (AvgIpc) is 3.12. The second-order valence-corrected chi connectivity index (χ2v) is 9.08. The summed E-state index contributed by atoms with van der Waals surface area (Å²) in [5.41, 5.74) is 3.15. The minimum Gasteiger partial charge on any atom is -0.355 e. The van der Waals surface area contributed by atoms with Crippen LogP contribution in [0.15, 0.2) is 12.1 Å². The van der Waals surface area contributed by atoms with Crippen molar-refractivity contribution >= 4 is 11.7 Å². The Labute approximate surface area is 191 Å². The zero-order valence-electron chi connectivity index (χ0n) is 19.9. The van der Waals surface area contributed by atoms with E-state index < -0.39 is 0 Å². The summed E-state index contributed by atoms with van der Waals surface area (Å²) in [6.07, 6.45) is 6.15. The first-order chi connectivity index (χ1) is 15.6. The second kappa shape index (κ2) is 10.4. The molecule has 2 aromatic rings. The lowest BCUT2D eigenvalue weighted by atomic mass is 10.1. The standard InChI is InChI=1S/C24H37N7O/c1-4-12-28-15-17-30(18-16-28)24(32)11-8-21-19(2)27-31(20(21)3)23-10-9-22(25-26-23)29-13-6-5-7-14-29/h9-10H,4-8,11-18H2,1-3H3. The van der Waals surface area contributed by atoms with E-state index in [9.17, 15) is 4.79 Å². The molecule has 1 amide bonds. The Morgan fingerprint density at radius 1 is 0.938 bits per heavy atom. The average molecular weight is 440 g/mol. The van der Waals surface area contributed by atoms with Crippen molar-refractivity contribution < 1.29 is 4.79 Å². The van der Waals surface area contributed by atoms with E-state index in [2.05, 4.69) is 33.8 Å². The molecule has 2 saturated heterocycles. The van der Waals surface area contributed by atoms with Gasteiger partial charge < -0.3 is 9.80 Å². The molecule has 2 aromatic heterocycles. The molecule has 8 nitrogen and oxygen atoms in total. The zero-order chi connectivity index (χ0) is 22.5. The summed E-state index contributed by atoms with van der Waals surface area (Å²) in [5.74, 6) is 1.93. The number of anilines is 1. The highest BCUT2D eigenvalue weighted by atomic mass is 16.2. The first-order valence-electron chi connectivity index (χ1n) is 12.2. The fourth-order valence-electron chi connectivity index (χ4n) is 4.91. The van der Waals surface area contributed by atoms with Crippen LogP contribution in [0.3, 0.4) is 0 Å². The van der Waals surface area contributed by atoms with Gasteiger partial charge in [0.05, 0.1) is 5.69 Å². The summed E-state index contributed by atoms with van der Waals surface area (Å²) in [4.78, 5) is 19.5. The summed E-state index contributed by atoms with van der Waals surface area (Å²) in [6, 6.07) is 4.05. The van der Waals surface area contributed by atoms with Crippen LogP contribution in [-0.4, -0.2) is 81.5 Å². The fourth-order valence-corrected chi connectivity index (χ4v) is 4.91. The molecule has 4 heterocycles. The summed E-state index contributed by atoms with van der Waals surface area (Å²) < 4.78 is 1.87. The molecule has 2 aliphatic heterocycles. The number of piperidine rings is 1. The first kappa shape index (κ1) is 22.7. The highest BCUT2D eigenvalue weighted by molar-refractivity contribution is 5.76. The van der Waals surface area contributed by atoms with Gasteiger partial charge in [-0.1, -0.05) is 6.92 Å². The number of amides is 1. The van der Waals surface area contributed by atoms with Gasteiger partial charge in [0.2, 0.25) is 5.91 Å². The van der Waals surface area contributed by atoms with Gasteiger partial charge in [-0.25, -0.2) is 4.68 Å². The predicted octanol–water partition coefficient (Wildman–Crippen LogP) is 2.76. The number of carbonyl (C=O) groups excluding carboxylic acids is 1. The Morgan fingerprint density at radius 3 is 2.28 bits per heavy atom. The Bertz CT molecular complexity index is 894. The molecule has 0 bridgehead atoms. The molecule has 0 spiro atoms. The molecule has 4 rings (SSSR count). The Morgan fingerprint density at radius 2 is 1.62 bits per heavy atom. The van der Waals surface area contributed by atoms with Crippen LogP contribution in [0.1, 0.15) is 56.0 Å². The number of hydrogen-bond acceptors (Lipinski definition) is 6. The van der Waals surface area contributed by atoms with Crippen molar-refractivity contribution in [2.75, 3.05) is 50.7 Å². The van der Waals surface area contributed by atoms with E-state index in [1.165, 1.54) is 25.7 Å². The molecular weight excluding hydrogens is 402 g/mol. The molecule has 0 radical (unpaired) electrons. The first-order valence-corrected chi connectivity index (χ1v) is 12.2. The third-order valence-corrected chi connectivity index (χ3v) is 6.83. The smallest absolute Gasteiger partial charge is 0.222 e. The van der Waals surface area contributed by atoms with Crippen LogP contribution in [-0.2, 0) is 11.2 Å². The molecule has 0 aliphatic carbocycles. The molecule has 0 aromatic carbocycles. The van der Waals surface area contributed by atoms with Crippen LogP contribution in [0.25, 0.3) is 5.82 Å². The minimum absolute atomic E-state index is 0.248. The highest BCUT2D eigenvalue weighted by Crippen LogP contribution is 2.21. The van der Waals surface area contributed by atoms with Crippen LogP contribution in [0, 0.1) is 13.8 Å². The van der Waals surface area contributed by atoms with Crippen molar-refractivity contribution in [3.63, 3.8) is 0 Å².